The second kappa shape index (κ2) is 7.54. The van der Waals surface area contributed by atoms with Crippen molar-refractivity contribution >= 4 is 27.3 Å². The number of aromatic nitrogens is 2. The van der Waals surface area contributed by atoms with E-state index in [0.29, 0.717) is 42.9 Å². The fourth-order valence-corrected chi connectivity index (χ4v) is 4.73. The van der Waals surface area contributed by atoms with Crippen LogP contribution in [0.1, 0.15) is 5.89 Å². The van der Waals surface area contributed by atoms with E-state index < -0.39 is 10.0 Å². The van der Waals surface area contributed by atoms with Crippen molar-refractivity contribution < 1.29 is 12.9 Å². The Morgan fingerprint density at radius 3 is 2.18 bits per heavy atom. The summed E-state index contributed by atoms with van der Waals surface area (Å²) in [6.45, 7) is 3.84. The zero-order valence-corrected chi connectivity index (χ0v) is 16.8. The van der Waals surface area contributed by atoms with Crippen LogP contribution in [0.15, 0.2) is 57.9 Å². The van der Waals surface area contributed by atoms with Crippen molar-refractivity contribution in [3.05, 3.63) is 59.4 Å². The van der Waals surface area contributed by atoms with Crippen LogP contribution >= 0.6 is 11.6 Å². The number of aryl methyl sites for hydroxylation is 1. The molecular weight excluding hydrogens is 400 g/mol. The van der Waals surface area contributed by atoms with Gasteiger partial charge < -0.3 is 9.42 Å². The van der Waals surface area contributed by atoms with Gasteiger partial charge in [0, 0.05) is 49.4 Å². The highest BCUT2D eigenvalue weighted by Crippen LogP contribution is 2.24. The first-order valence-electron chi connectivity index (χ1n) is 8.85. The van der Waals surface area contributed by atoms with Crippen LogP contribution in [0.25, 0.3) is 11.4 Å². The molecule has 0 saturated carbocycles. The Labute approximate surface area is 168 Å². The predicted molar refractivity (Wildman–Crippen MR) is 107 cm³/mol. The van der Waals surface area contributed by atoms with Crippen LogP contribution in [-0.4, -0.2) is 49.0 Å². The Morgan fingerprint density at radius 1 is 0.964 bits per heavy atom. The molecule has 1 aromatic heterocycles. The van der Waals surface area contributed by atoms with E-state index >= 15 is 0 Å². The summed E-state index contributed by atoms with van der Waals surface area (Å²) in [6.07, 6.45) is 0. The van der Waals surface area contributed by atoms with Crippen molar-refractivity contribution in [3.63, 3.8) is 0 Å². The van der Waals surface area contributed by atoms with Crippen LogP contribution in [0.4, 0.5) is 5.69 Å². The summed E-state index contributed by atoms with van der Waals surface area (Å²) in [4.78, 5) is 6.66. The van der Waals surface area contributed by atoms with Crippen LogP contribution in [0, 0.1) is 6.92 Å². The molecule has 0 radical (unpaired) electrons. The Bertz CT molecular complexity index is 1060. The molecule has 28 heavy (non-hydrogen) atoms. The van der Waals surface area contributed by atoms with Crippen molar-refractivity contribution in [2.75, 3.05) is 31.1 Å². The van der Waals surface area contributed by atoms with E-state index in [2.05, 4.69) is 15.0 Å². The van der Waals surface area contributed by atoms with E-state index in [4.69, 9.17) is 16.1 Å². The molecule has 2 heterocycles. The topological polar surface area (TPSA) is 79.5 Å². The zero-order valence-electron chi connectivity index (χ0n) is 15.2. The molecule has 1 aliphatic rings. The molecule has 146 valence electrons. The number of rotatable bonds is 4. The van der Waals surface area contributed by atoms with Crippen LogP contribution in [0.3, 0.4) is 0 Å². The first kappa shape index (κ1) is 18.9. The molecule has 0 bridgehead atoms. The van der Waals surface area contributed by atoms with Gasteiger partial charge in [-0.25, -0.2) is 8.42 Å². The van der Waals surface area contributed by atoms with E-state index in [0.717, 1.165) is 11.3 Å². The average molecular weight is 419 g/mol. The minimum absolute atomic E-state index is 0.269. The van der Waals surface area contributed by atoms with Gasteiger partial charge >= 0.3 is 0 Å². The van der Waals surface area contributed by atoms with Gasteiger partial charge in [0.1, 0.15) is 0 Å². The molecule has 1 aliphatic heterocycles. The highest BCUT2D eigenvalue weighted by atomic mass is 35.5. The molecule has 1 saturated heterocycles. The SMILES string of the molecule is Cc1nc(-c2ccc(N3CCN(S(=O)(=O)c4ccc(Cl)cc4)CC3)cc2)no1. The second-order valence-electron chi connectivity index (χ2n) is 6.53. The molecule has 0 unspecified atom stereocenters. The number of anilines is 1. The fraction of sp³-hybridized carbons (Fsp3) is 0.263. The van der Waals surface area contributed by atoms with Gasteiger partial charge in [0.05, 0.1) is 4.90 Å². The molecule has 1 fully saturated rings. The Balaban J connectivity index is 1.43. The van der Waals surface area contributed by atoms with Crippen molar-refractivity contribution in [1.29, 1.82) is 0 Å². The summed E-state index contributed by atoms with van der Waals surface area (Å²) in [5.74, 6) is 1.08. The van der Waals surface area contributed by atoms with E-state index in [1.54, 1.807) is 31.2 Å². The Kier molecular flexibility index (Phi) is 5.09. The van der Waals surface area contributed by atoms with Crippen molar-refractivity contribution in [2.45, 2.75) is 11.8 Å². The van der Waals surface area contributed by atoms with E-state index in [1.165, 1.54) is 4.31 Å². The van der Waals surface area contributed by atoms with Gasteiger partial charge in [0.25, 0.3) is 0 Å². The minimum atomic E-state index is -3.50. The maximum Gasteiger partial charge on any atom is 0.243 e. The van der Waals surface area contributed by atoms with E-state index in [9.17, 15) is 8.42 Å². The maximum atomic E-state index is 12.8. The summed E-state index contributed by atoms with van der Waals surface area (Å²) in [6, 6.07) is 14.1. The normalized spacial score (nSPS) is 15.7. The molecule has 0 atom stereocenters. The number of piperazine rings is 1. The minimum Gasteiger partial charge on any atom is -0.369 e. The summed E-state index contributed by atoms with van der Waals surface area (Å²) in [5, 5.41) is 4.43. The van der Waals surface area contributed by atoms with Gasteiger partial charge in [0.15, 0.2) is 0 Å². The average Bonchev–Trinajstić information content (AvgIpc) is 3.15. The number of nitrogens with zero attached hydrogens (tertiary/aromatic N) is 4. The van der Waals surface area contributed by atoms with Crippen LogP contribution < -0.4 is 4.90 Å². The first-order valence-corrected chi connectivity index (χ1v) is 10.7. The van der Waals surface area contributed by atoms with Crippen LogP contribution in [-0.2, 0) is 10.0 Å². The van der Waals surface area contributed by atoms with Gasteiger partial charge in [0.2, 0.25) is 21.7 Å². The van der Waals surface area contributed by atoms with Crippen molar-refractivity contribution in [3.8, 4) is 11.4 Å². The highest BCUT2D eigenvalue weighted by molar-refractivity contribution is 7.89. The largest absolute Gasteiger partial charge is 0.369 e. The van der Waals surface area contributed by atoms with Gasteiger partial charge in [-0.15, -0.1) is 0 Å². The lowest BCUT2D eigenvalue weighted by Crippen LogP contribution is -2.48. The monoisotopic (exact) mass is 418 g/mol. The molecular formula is C19H19ClN4O3S. The number of hydrogen-bond donors (Lipinski definition) is 0. The smallest absolute Gasteiger partial charge is 0.243 e. The summed E-state index contributed by atoms with van der Waals surface area (Å²) in [5.41, 5.74) is 1.91. The fourth-order valence-electron chi connectivity index (χ4n) is 3.18. The molecule has 0 N–H and O–H groups in total. The first-order chi connectivity index (χ1) is 13.4. The van der Waals surface area contributed by atoms with E-state index in [-0.39, 0.29) is 4.90 Å². The van der Waals surface area contributed by atoms with Crippen molar-refractivity contribution in [2.24, 2.45) is 0 Å². The second-order valence-corrected chi connectivity index (χ2v) is 8.90. The van der Waals surface area contributed by atoms with Crippen LogP contribution in [0.2, 0.25) is 5.02 Å². The molecule has 4 rings (SSSR count). The quantitative estimate of drug-likeness (QED) is 0.647. The molecule has 3 aromatic rings. The Morgan fingerprint density at radius 2 is 1.61 bits per heavy atom. The van der Waals surface area contributed by atoms with Gasteiger partial charge in [-0.3, -0.25) is 0 Å². The maximum absolute atomic E-state index is 12.8. The molecule has 0 amide bonds. The summed E-state index contributed by atoms with van der Waals surface area (Å²) < 4.78 is 32.1. The third kappa shape index (κ3) is 3.76. The summed E-state index contributed by atoms with van der Waals surface area (Å²) >= 11 is 5.86. The molecule has 9 heteroatoms. The number of hydrogen-bond acceptors (Lipinski definition) is 6. The molecule has 7 nitrogen and oxygen atoms in total. The third-order valence-electron chi connectivity index (χ3n) is 4.71. The van der Waals surface area contributed by atoms with E-state index in [1.807, 2.05) is 24.3 Å². The predicted octanol–water partition coefficient (Wildman–Crippen LogP) is 3.21. The molecule has 2 aromatic carbocycles. The van der Waals surface area contributed by atoms with Gasteiger partial charge in [-0.1, -0.05) is 16.8 Å². The zero-order chi connectivity index (χ0) is 19.7. The number of halogens is 1. The Hall–Kier alpha value is -2.42. The lowest BCUT2D eigenvalue weighted by molar-refractivity contribution is 0.385. The van der Waals surface area contributed by atoms with Gasteiger partial charge in [-0.05, 0) is 48.5 Å². The van der Waals surface area contributed by atoms with Gasteiger partial charge in [-0.2, -0.15) is 9.29 Å². The third-order valence-corrected chi connectivity index (χ3v) is 6.87. The molecule has 0 spiro atoms. The lowest BCUT2D eigenvalue weighted by atomic mass is 10.1. The van der Waals surface area contributed by atoms with Crippen LogP contribution in [0.5, 0.6) is 0 Å². The number of benzene rings is 2. The standard InChI is InChI=1S/C19H19ClN4O3S/c1-14-21-19(22-27-14)15-2-6-17(7-3-15)23-10-12-24(13-11-23)28(25,26)18-8-4-16(20)5-9-18/h2-9H,10-13H2,1H3. The summed E-state index contributed by atoms with van der Waals surface area (Å²) in [7, 11) is -3.50. The number of sulfonamides is 1. The lowest BCUT2D eigenvalue weighted by Gasteiger charge is -2.35. The highest BCUT2D eigenvalue weighted by Gasteiger charge is 2.28. The molecule has 0 aliphatic carbocycles. The van der Waals surface area contributed by atoms with Crippen molar-refractivity contribution in [1.82, 2.24) is 14.4 Å².